The lowest BCUT2D eigenvalue weighted by molar-refractivity contribution is -0.151. The quantitative estimate of drug-likeness (QED) is 0.658. The highest BCUT2D eigenvalue weighted by atomic mass is 16.4. The first-order valence-electron chi connectivity index (χ1n) is 6.96. The van der Waals surface area contributed by atoms with E-state index in [1.165, 1.54) is 4.90 Å². The molecular formula is C13H22N2O4. The molecule has 4 atom stereocenters. The molecule has 2 rings (SSSR count). The van der Waals surface area contributed by atoms with Crippen LogP contribution in [0.4, 0.5) is 0 Å². The normalized spacial score (nSPS) is 35.4. The zero-order valence-electron chi connectivity index (χ0n) is 11.0. The molecule has 1 aliphatic carbocycles. The Bertz CT molecular complexity index is 361. The van der Waals surface area contributed by atoms with Gasteiger partial charge in [0, 0.05) is 18.9 Å². The van der Waals surface area contributed by atoms with Crippen molar-refractivity contribution in [1.29, 1.82) is 0 Å². The van der Waals surface area contributed by atoms with E-state index in [9.17, 15) is 14.7 Å². The first-order valence-corrected chi connectivity index (χ1v) is 6.96. The van der Waals surface area contributed by atoms with Crippen molar-refractivity contribution in [3.63, 3.8) is 0 Å². The van der Waals surface area contributed by atoms with Crippen molar-refractivity contribution in [3.8, 4) is 0 Å². The fourth-order valence-electron chi connectivity index (χ4n) is 3.32. The number of carbonyl (C=O) groups is 2. The van der Waals surface area contributed by atoms with Crippen LogP contribution in [0.1, 0.15) is 32.1 Å². The number of hydrogen-bond donors (Lipinski definition) is 3. The summed E-state index contributed by atoms with van der Waals surface area (Å²) in [5, 5.41) is 18.7. The van der Waals surface area contributed by atoms with Gasteiger partial charge in [0.1, 0.15) is 6.04 Å². The lowest BCUT2D eigenvalue weighted by Crippen LogP contribution is -2.47. The van der Waals surface area contributed by atoms with E-state index < -0.39 is 18.1 Å². The van der Waals surface area contributed by atoms with Crippen LogP contribution in [0.5, 0.6) is 0 Å². The van der Waals surface area contributed by atoms with Gasteiger partial charge in [0.15, 0.2) is 0 Å². The number of amides is 1. The fourth-order valence-corrected chi connectivity index (χ4v) is 3.32. The van der Waals surface area contributed by atoms with Crippen molar-refractivity contribution in [2.24, 2.45) is 17.6 Å². The van der Waals surface area contributed by atoms with E-state index in [-0.39, 0.29) is 30.7 Å². The van der Waals surface area contributed by atoms with Gasteiger partial charge < -0.3 is 20.8 Å². The molecule has 0 bridgehead atoms. The lowest BCUT2D eigenvalue weighted by atomic mass is 9.78. The number of aliphatic carboxylic acids is 1. The molecular weight excluding hydrogens is 248 g/mol. The summed E-state index contributed by atoms with van der Waals surface area (Å²) in [5.41, 5.74) is 5.72. The number of likely N-dealkylation sites (tertiary alicyclic amines) is 1. The number of β-amino-alcohol motifs (C(OH)–C–C–N with tert-alkyl or cyclic N) is 1. The number of carbonyl (C=O) groups excluding carboxylic acids is 1. The third kappa shape index (κ3) is 2.90. The molecule has 1 heterocycles. The number of aliphatic hydroxyl groups is 1. The number of hydrogen-bond acceptors (Lipinski definition) is 4. The molecule has 2 fully saturated rings. The Morgan fingerprint density at radius 2 is 1.95 bits per heavy atom. The summed E-state index contributed by atoms with van der Waals surface area (Å²) >= 11 is 0. The summed E-state index contributed by atoms with van der Waals surface area (Å²) in [5.74, 6) is -1.21. The standard InChI is InChI=1S/C13H22N2O4/c14-6-8-3-1-2-4-10(8)12(17)15-7-9(16)5-11(15)13(18)19/h8-11,16H,1-7,14H2,(H,18,19)/t8?,9-,10?,11+/m1/s1. The minimum Gasteiger partial charge on any atom is -0.480 e. The first-order chi connectivity index (χ1) is 9.04. The third-order valence-electron chi connectivity index (χ3n) is 4.38. The van der Waals surface area contributed by atoms with E-state index in [1.54, 1.807) is 0 Å². The summed E-state index contributed by atoms with van der Waals surface area (Å²) < 4.78 is 0. The SMILES string of the molecule is NCC1CCCCC1C(=O)N1C[C@H](O)C[C@H]1C(=O)O. The molecule has 6 nitrogen and oxygen atoms in total. The number of carboxylic acid groups (broad SMARTS) is 1. The average Bonchev–Trinajstić information content (AvgIpc) is 2.80. The van der Waals surface area contributed by atoms with Gasteiger partial charge in [-0.25, -0.2) is 4.79 Å². The lowest BCUT2D eigenvalue weighted by Gasteiger charge is -2.34. The molecule has 0 aromatic rings. The summed E-state index contributed by atoms with van der Waals surface area (Å²) in [7, 11) is 0. The molecule has 2 unspecified atom stereocenters. The number of nitrogens with two attached hydrogens (primary N) is 1. The number of rotatable bonds is 3. The second kappa shape index (κ2) is 5.88. The summed E-state index contributed by atoms with van der Waals surface area (Å²) in [6.07, 6.45) is 3.17. The van der Waals surface area contributed by atoms with Crippen LogP contribution in [0.25, 0.3) is 0 Å². The summed E-state index contributed by atoms with van der Waals surface area (Å²) in [6, 6.07) is -0.886. The average molecular weight is 270 g/mol. The molecule has 6 heteroatoms. The summed E-state index contributed by atoms with van der Waals surface area (Å²) in [4.78, 5) is 25.0. The predicted octanol–water partition coefficient (Wildman–Crippen LogP) is -0.202. The maximum absolute atomic E-state index is 12.5. The van der Waals surface area contributed by atoms with Crippen molar-refractivity contribution in [1.82, 2.24) is 4.90 Å². The minimum absolute atomic E-state index is 0.126. The fraction of sp³-hybridized carbons (Fsp3) is 0.846. The minimum atomic E-state index is -1.04. The van der Waals surface area contributed by atoms with Gasteiger partial charge in [-0.2, -0.15) is 0 Å². The molecule has 1 saturated carbocycles. The van der Waals surface area contributed by atoms with E-state index in [4.69, 9.17) is 10.8 Å². The van der Waals surface area contributed by atoms with Crippen molar-refractivity contribution in [2.75, 3.05) is 13.1 Å². The van der Waals surface area contributed by atoms with Gasteiger partial charge in [-0.1, -0.05) is 12.8 Å². The van der Waals surface area contributed by atoms with Gasteiger partial charge in [-0.15, -0.1) is 0 Å². The number of nitrogens with zero attached hydrogens (tertiary/aromatic N) is 1. The Labute approximate surface area is 112 Å². The van der Waals surface area contributed by atoms with E-state index in [2.05, 4.69) is 0 Å². The highest BCUT2D eigenvalue weighted by Gasteiger charge is 2.43. The Kier molecular flexibility index (Phi) is 4.42. The maximum atomic E-state index is 12.5. The molecule has 1 aliphatic heterocycles. The number of aliphatic hydroxyl groups excluding tert-OH is 1. The molecule has 0 aromatic heterocycles. The van der Waals surface area contributed by atoms with E-state index in [0.717, 1.165) is 25.7 Å². The van der Waals surface area contributed by atoms with Crippen molar-refractivity contribution in [2.45, 2.75) is 44.2 Å². The van der Waals surface area contributed by atoms with Crippen LogP contribution in [0.15, 0.2) is 0 Å². The third-order valence-corrected chi connectivity index (χ3v) is 4.38. The first kappa shape index (κ1) is 14.3. The Hall–Kier alpha value is -1.14. The van der Waals surface area contributed by atoms with Crippen LogP contribution >= 0.6 is 0 Å². The Morgan fingerprint density at radius 3 is 2.58 bits per heavy atom. The molecule has 4 N–H and O–H groups in total. The monoisotopic (exact) mass is 270 g/mol. The Balaban J connectivity index is 2.11. The van der Waals surface area contributed by atoms with Gasteiger partial charge in [0.25, 0.3) is 0 Å². The highest BCUT2D eigenvalue weighted by Crippen LogP contribution is 2.33. The molecule has 19 heavy (non-hydrogen) atoms. The van der Waals surface area contributed by atoms with Gasteiger partial charge in [-0.3, -0.25) is 4.79 Å². The molecule has 2 aliphatic rings. The number of carboxylic acids is 1. The zero-order valence-corrected chi connectivity index (χ0v) is 11.0. The van der Waals surface area contributed by atoms with Crippen LogP contribution in [-0.2, 0) is 9.59 Å². The largest absolute Gasteiger partial charge is 0.480 e. The topological polar surface area (TPSA) is 104 Å². The van der Waals surface area contributed by atoms with Crippen molar-refractivity contribution >= 4 is 11.9 Å². The van der Waals surface area contributed by atoms with Crippen LogP contribution in [0.3, 0.4) is 0 Å². The molecule has 108 valence electrons. The molecule has 1 amide bonds. The molecule has 0 aromatic carbocycles. The van der Waals surface area contributed by atoms with E-state index >= 15 is 0 Å². The van der Waals surface area contributed by atoms with Crippen LogP contribution in [0.2, 0.25) is 0 Å². The van der Waals surface area contributed by atoms with Gasteiger partial charge in [-0.05, 0) is 25.3 Å². The molecule has 0 spiro atoms. The van der Waals surface area contributed by atoms with Crippen molar-refractivity contribution < 1.29 is 19.8 Å². The predicted molar refractivity (Wildman–Crippen MR) is 68.3 cm³/mol. The van der Waals surface area contributed by atoms with Crippen LogP contribution in [-0.4, -0.2) is 52.2 Å². The van der Waals surface area contributed by atoms with Gasteiger partial charge in [0.05, 0.1) is 6.10 Å². The maximum Gasteiger partial charge on any atom is 0.326 e. The Morgan fingerprint density at radius 1 is 1.26 bits per heavy atom. The van der Waals surface area contributed by atoms with Crippen molar-refractivity contribution in [3.05, 3.63) is 0 Å². The zero-order chi connectivity index (χ0) is 14.0. The van der Waals surface area contributed by atoms with Gasteiger partial charge >= 0.3 is 5.97 Å². The van der Waals surface area contributed by atoms with E-state index in [0.29, 0.717) is 6.54 Å². The van der Waals surface area contributed by atoms with E-state index in [1.807, 2.05) is 0 Å². The van der Waals surface area contributed by atoms with Crippen LogP contribution < -0.4 is 5.73 Å². The highest BCUT2D eigenvalue weighted by molar-refractivity contribution is 5.86. The summed E-state index contributed by atoms with van der Waals surface area (Å²) in [6.45, 7) is 0.591. The molecule has 0 radical (unpaired) electrons. The second-order valence-corrected chi connectivity index (χ2v) is 5.62. The van der Waals surface area contributed by atoms with Crippen LogP contribution in [0, 0.1) is 11.8 Å². The second-order valence-electron chi connectivity index (χ2n) is 5.62. The smallest absolute Gasteiger partial charge is 0.326 e. The van der Waals surface area contributed by atoms with Gasteiger partial charge in [0.2, 0.25) is 5.91 Å². The molecule has 1 saturated heterocycles.